The molecule has 0 spiro atoms. The largest absolute Gasteiger partial charge is 0.458 e. The van der Waals surface area contributed by atoms with Crippen LogP contribution in [0.15, 0.2) is 45.5 Å². The van der Waals surface area contributed by atoms with Gasteiger partial charge in [-0.05, 0) is 39.7 Å². The van der Waals surface area contributed by atoms with Crippen LogP contribution in [0.25, 0.3) is 0 Å². The van der Waals surface area contributed by atoms with Crippen molar-refractivity contribution in [1.82, 2.24) is 5.32 Å². The van der Waals surface area contributed by atoms with Crippen molar-refractivity contribution >= 4 is 21.8 Å². The smallest absolute Gasteiger partial charge is 0.387 e. The van der Waals surface area contributed by atoms with Gasteiger partial charge in [-0.2, -0.15) is 8.78 Å². The molecule has 4 nitrogen and oxygen atoms in total. The summed E-state index contributed by atoms with van der Waals surface area (Å²) in [6.07, 6.45) is 1.40. The van der Waals surface area contributed by atoms with Crippen molar-refractivity contribution < 1.29 is 22.7 Å². The van der Waals surface area contributed by atoms with Gasteiger partial charge in [-0.25, -0.2) is 0 Å². The number of nitrogens with one attached hydrogen (secondary N) is 1. The first-order valence-electron chi connectivity index (χ1n) is 5.61. The van der Waals surface area contributed by atoms with Gasteiger partial charge in [-0.1, -0.05) is 12.1 Å². The lowest BCUT2D eigenvalue weighted by atomic mass is 10.2. The minimum Gasteiger partial charge on any atom is -0.458 e. The second-order valence-electron chi connectivity index (χ2n) is 3.80. The van der Waals surface area contributed by atoms with Crippen molar-refractivity contribution in [2.75, 3.05) is 0 Å². The Morgan fingerprint density at radius 1 is 1.30 bits per heavy atom. The third-order valence-electron chi connectivity index (χ3n) is 2.42. The third kappa shape index (κ3) is 3.80. The summed E-state index contributed by atoms with van der Waals surface area (Å²) in [5.41, 5.74) is 0.752. The van der Waals surface area contributed by atoms with Crippen LogP contribution in [0.3, 0.4) is 0 Å². The molecule has 0 aliphatic heterocycles. The fraction of sp³-hybridized carbons (Fsp3) is 0.154. The first kappa shape index (κ1) is 14.5. The van der Waals surface area contributed by atoms with Gasteiger partial charge in [-0.3, -0.25) is 4.79 Å². The molecular formula is C13H10BrF2NO3. The van der Waals surface area contributed by atoms with Crippen molar-refractivity contribution in [3.05, 3.63) is 52.4 Å². The van der Waals surface area contributed by atoms with Crippen LogP contribution >= 0.6 is 15.9 Å². The molecule has 7 heteroatoms. The van der Waals surface area contributed by atoms with E-state index in [2.05, 4.69) is 26.0 Å². The highest BCUT2D eigenvalue weighted by atomic mass is 79.9. The Morgan fingerprint density at radius 3 is 2.55 bits per heavy atom. The highest BCUT2D eigenvalue weighted by Gasteiger charge is 2.13. The average molecular weight is 346 g/mol. The number of hydrogen-bond donors (Lipinski definition) is 1. The summed E-state index contributed by atoms with van der Waals surface area (Å²) in [5.74, 6) is -0.110. The number of rotatable bonds is 5. The topological polar surface area (TPSA) is 51.5 Å². The fourth-order valence-corrected chi connectivity index (χ4v) is 1.89. The number of hydrogen-bond acceptors (Lipinski definition) is 3. The number of ether oxygens (including phenoxy) is 1. The zero-order valence-electron chi connectivity index (χ0n) is 10.1. The van der Waals surface area contributed by atoms with Gasteiger partial charge in [0.05, 0.1) is 10.7 Å². The number of halogens is 3. The Hall–Kier alpha value is -1.89. The monoisotopic (exact) mass is 345 g/mol. The van der Waals surface area contributed by atoms with Gasteiger partial charge in [0.1, 0.15) is 5.75 Å². The Kier molecular flexibility index (Phi) is 4.73. The quantitative estimate of drug-likeness (QED) is 0.901. The number of alkyl halides is 2. The maximum atomic E-state index is 12.0. The van der Waals surface area contributed by atoms with Crippen molar-refractivity contribution in [2.24, 2.45) is 0 Å². The first-order chi connectivity index (χ1) is 9.56. The van der Waals surface area contributed by atoms with E-state index in [1.54, 1.807) is 18.2 Å². The van der Waals surface area contributed by atoms with Gasteiger partial charge < -0.3 is 14.5 Å². The van der Waals surface area contributed by atoms with Crippen LogP contribution in [0.1, 0.15) is 16.1 Å². The Morgan fingerprint density at radius 2 is 2.00 bits per heavy atom. The van der Waals surface area contributed by atoms with Gasteiger partial charge in [0.25, 0.3) is 5.91 Å². The lowest BCUT2D eigenvalue weighted by Crippen LogP contribution is -2.22. The molecule has 2 rings (SSSR count). The van der Waals surface area contributed by atoms with E-state index in [1.165, 1.54) is 18.4 Å². The highest BCUT2D eigenvalue weighted by molar-refractivity contribution is 9.10. The van der Waals surface area contributed by atoms with E-state index >= 15 is 0 Å². The Labute approximate surface area is 121 Å². The summed E-state index contributed by atoms with van der Waals surface area (Å²) >= 11 is 3.18. The van der Waals surface area contributed by atoms with E-state index in [1.807, 2.05) is 0 Å². The average Bonchev–Trinajstić information content (AvgIpc) is 2.83. The molecule has 20 heavy (non-hydrogen) atoms. The number of carbonyl (C=O) groups excluding carboxylic acids is 1. The van der Waals surface area contributed by atoms with E-state index in [9.17, 15) is 13.6 Å². The Balaban J connectivity index is 1.91. The van der Waals surface area contributed by atoms with Crippen LogP contribution in [0.4, 0.5) is 8.78 Å². The number of amides is 1. The van der Waals surface area contributed by atoms with Crippen LogP contribution in [0.5, 0.6) is 5.75 Å². The summed E-state index contributed by atoms with van der Waals surface area (Å²) in [7, 11) is 0. The molecule has 0 bridgehead atoms. The van der Waals surface area contributed by atoms with Crippen molar-refractivity contribution in [3.8, 4) is 5.75 Å². The van der Waals surface area contributed by atoms with Crippen LogP contribution in [0, 0.1) is 0 Å². The Bertz CT molecular complexity index is 584. The lowest BCUT2D eigenvalue weighted by molar-refractivity contribution is -0.0498. The predicted octanol–water partition coefficient (Wildman–Crippen LogP) is 3.57. The minimum absolute atomic E-state index is 0.0730. The zero-order valence-corrected chi connectivity index (χ0v) is 11.7. The maximum absolute atomic E-state index is 12.0. The van der Waals surface area contributed by atoms with Gasteiger partial charge in [0, 0.05) is 6.54 Å². The molecular weight excluding hydrogens is 336 g/mol. The van der Waals surface area contributed by atoms with Crippen molar-refractivity contribution in [2.45, 2.75) is 13.2 Å². The normalized spacial score (nSPS) is 10.6. The minimum atomic E-state index is -2.85. The lowest BCUT2D eigenvalue weighted by Gasteiger charge is -2.06. The highest BCUT2D eigenvalue weighted by Crippen LogP contribution is 2.18. The van der Waals surface area contributed by atoms with Gasteiger partial charge in [0.2, 0.25) is 5.76 Å². The SMILES string of the molecule is O=C(NCc1ccc(OC(F)F)cc1)c1occc1Br. The molecule has 0 saturated carbocycles. The predicted molar refractivity (Wildman–Crippen MR) is 70.7 cm³/mol. The third-order valence-corrected chi connectivity index (χ3v) is 3.05. The molecule has 0 fully saturated rings. The molecule has 2 aromatic rings. The molecule has 0 aliphatic carbocycles. The number of furan rings is 1. The van der Waals surface area contributed by atoms with Crippen LogP contribution in [-0.4, -0.2) is 12.5 Å². The first-order valence-corrected chi connectivity index (χ1v) is 6.40. The second-order valence-corrected chi connectivity index (χ2v) is 4.66. The summed E-state index contributed by atoms with van der Waals surface area (Å²) < 4.78 is 33.8. The molecule has 1 N–H and O–H groups in total. The molecule has 1 aromatic heterocycles. The van der Waals surface area contributed by atoms with Crippen LogP contribution in [-0.2, 0) is 6.54 Å². The number of benzene rings is 1. The molecule has 0 aliphatic rings. The van der Waals surface area contributed by atoms with Crippen LogP contribution in [0.2, 0.25) is 0 Å². The summed E-state index contributed by atoms with van der Waals surface area (Å²) in [4.78, 5) is 11.8. The molecule has 1 aromatic carbocycles. The van der Waals surface area contributed by atoms with Crippen molar-refractivity contribution in [1.29, 1.82) is 0 Å². The second kappa shape index (κ2) is 6.51. The zero-order chi connectivity index (χ0) is 14.5. The molecule has 0 saturated heterocycles. The molecule has 106 valence electrons. The summed E-state index contributed by atoms with van der Waals surface area (Å²) in [5, 5.41) is 2.65. The molecule has 0 atom stereocenters. The van der Waals surface area contributed by atoms with Gasteiger partial charge in [0.15, 0.2) is 0 Å². The fourth-order valence-electron chi connectivity index (χ4n) is 1.51. The van der Waals surface area contributed by atoms with E-state index < -0.39 is 6.61 Å². The van der Waals surface area contributed by atoms with E-state index in [0.29, 0.717) is 4.47 Å². The standard InChI is InChI=1S/C13H10BrF2NO3/c14-10-5-6-19-11(10)12(18)17-7-8-1-3-9(4-2-8)20-13(15)16/h1-6,13H,7H2,(H,17,18). The summed E-state index contributed by atoms with van der Waals surface area (Å²) in [6.45, 7) is -2.60. The maximum Gasteiger partial charge on any atom is 0.387 e. The summed E-state index contributed by atoms with van der Waals surface area (Å²) in [6, 6.07) is 7.63. The molecule has 0 unspecified atom stereocenters. The van der Waals surface area contributed by atoms with E-state index in [-0.39, 0.29) is 24.0 Å². The van der Waals surface area contributed by atoms with Crippen LogP contribution < -0.4 is 10.1 Å². The molecule has 0 radical (unpaired) electrons. The molecule has 1 amide bonds. The van der Waals surface area contributed by atoms with Gasteiger partial charge in [-0.15, -0.1) is 0 Å². The molecule has 1 heterocycles. The van der Waals surface area contributed by atoms with E-state index in [0.717, 1.165) is 5.56 Å². The number of carbonyl (C=O) groups is 1. The van der Waals surface area contributed by atoms with Crippen molar-refractivity contribution in [3.63, 3.8) is 0 Å². The van der Waals surface area contributed by atoms with E-state index in [4.69, 9.17) is 4.42 Å². The van der Waals surface area contributed by atoms with Gasteiger partial charge >= 0.3 is 6.61 Å².